The minimum atomic E-state index is 0.425. The molecule has 3 rings (SSSR count). The fourth-order valence-electron chi connectivity index (χ4n) is 4.06. The van der Waals surface area contributed by atoms with Gasteiger partial charge in [0.2, 0.25) is 0 Å². The summed E-state index contributed by atoms with van der Waals surface area (Å²) in [4.78, 5) is 0. The molecule has 16 heavy (non-hydrogen) atoms. The number of rotatable bonds is 4. The fourth-order valence-corrected chi connectivity index (χ4v) is 4.06. The summed E-state index contributed by atoms with van der Waals surface area (Å²) >= 11 is 0. The van der Waals surface area contributed by atoms with E-state index in [0.29, 0.717) is 17.7 Å². The lowest BCUT2D eigenvalue weighted by Crippen LogP contribution is -2.40. The number of fused-ring (bicyclic) bond motifs is 1. The molecule has 0 aromatic heterocycles. The van der Waals surface area contributed by atoms with Gasteiger partial charge in [0.25, 0.3) is 0 Å². The molecule has 0 aromatic carbocycles. The zero-order valence-corrected chi connectivity index (χ0v) is 10.7. The molecule has 3 saturated carbocycles. The Balaban J connectivity index is 1.53. The lowest BCUT2D eigenvalue weighted by Gasteiger charge is -2.27. The molecule has 92 valence electrons. The van der Waals surface area contributed by atoms with Crippen LogP contribution in [0, 0.1) is 11.8 Å². The Kier molecular flexibility index (Phi) is 2.75. The molecule has 3 aliphatic rings. The van der Waals surface area contributed by atoms with E-state index in [1.54, 1.807) is 0 Å². The third-order valence-corrected chi connectivity index (χ3v) is 4.74. The summed E-state index contributed by atoms with van der Waals surface area (Å²) in [6, 6.07) is 0. The zero-order chi connectivity index (χ0) is 11.2. The van der Waals surface area contributed by atoms with Gasteiger partial charge >= 0.3 is 0 Å². The van der Waals surface area contributed by atoms with Crippen LogP contribution in [0.15, 0.2) is 0 Å². The maximum Gasteiger partial charge on any atom is 0.0584 e. The highest BCUT2D eigenvalue weighted by Crippen LogP contribution is 2.50. The summed E-state index contributed by atoms with van der Waals surface area (Å²) in [7, 11) is 0. The summed E-state index contributed by atoms with van der Waals surface area (Å²) in [6.07, 6.45) is 9.30. The maximum atomic E-state index is 6.07. The summed E-state index contributed by atoms with van der Waals surface area (Å²) in [5.41, 5.74) is 0.425. The summed E-state index contributed by atoms with van der Waals surface area (Å²) in [5, 5.41) is 3.68. The van der Waals surface area contributed by atoms with Gasteiger partial charge in [-0.3, -0.25) is 0 Å². The van der Waals surface area contributed by atoms with Crippen molar-refractivity contribution in [1.82, 2.24) is 5.32 Å². The van der Waals surface area contributed by atoms with E-state index in [9.17, 15) is 0 Å². The van der Waals surface area contributed by atoms with E-state index >= 15 is 0 Å². The van der Waals surface area contributed by atoms with Crippen molar-refractivity contribution in [2.45, 2.75) is 70.1 Å². The molecular formula is C14H25NO. The lowest BCUT2D eigenvalue weighted by molar-refractivity contribution is 0.0375. The van der Waals surface area contributed by atoms with Crippen LogP contribution in [-0.4, -0.2) is 24.3 Å². The molecule has 0 spiro atoms. The zero-order valence-electron chi connectivity index (χ0n) is 10.7. The van der Waals surface area contributed by atoms with Gasteiger partial charge in [0.15, 0.2) is 0 Å². The van der Waals surface area contributed by atoms with Crippen molar-refractivity contribution in [1.29, 1.82) is 0 Å². The van der Waals surface area contributed by atoms with Gasteiger partial charge in [0, 0.05) is 5.54 Å². The molecule has 0 bridgehead atoms. The molecule has 0 radical (unpaired) electrons. The Morgan fingerprint density at radius 1 is 1.12 bits per heavy atom. The third-order valence-electron chi connectivity index (χ3n) is 4.74. The first kappa shape index (κ1) is 11.0. The second kappa shape index (κ2) is 3.99. The van der Waals surface area contributed by atoms with E-state index in [1.807, 2.05) is 0 Å². The van der Waals surface area contributed by atoms with Crippen LogP contribution in [0.2, 0.25) is 0 Å². The largest absolute Gasteiger partial charge is 0.375 e. The average Bonchev–Trinajstić information content (AvgIpc) is 2.84. The SMILES string of the molecule is CCNC1(C)C[C@H]2CC(OC3CC3)C[C@H]2C1. The van der Waals surface area contributed by atoms with Gasteiger partial charge in [-0.2, -0.15) is 0 Å². The summed E-state index contributed by atoms with van der Waals surface area (Å²) in [5.74, 6) is 1.88. The van der Waals surface area contributed by atoms with Crippen molar-refractivity contribution in [2.24, 2.45) is 11.8 Å². The van der Waals surface area contributed by atoms with Gasteiger partial charge in [-0.15, -0.1) is 0 Å². The first-order valence-electron chi connectivity index (χ1n) is 7.09. The minimum absolute atomic E-state index is 0.425. The van der Waals surface area contributed by atoms with Crippen LogP contribution in [0.3, 0.4) is 0 Å². The molecule has 2 unspecified atom stereocenters. The minimum Gasteiger partial charge on any atom is -0.375 e. The highest BCUT2D eigenvalue weighted by atomic mass is 16.5. The Bertz CT molecular complexity index is 247. The van der Waals surface area contributed by atoms with Crippen molar-refractivity contribution in [3.8, 4) is 0 Å². The summed E-state index contributed by atoms with van der Waals surface area (Å²) in [6.45, 7) is 5.74. The molecule has 2 nitrogen and oxygen atoms in total. The maximum absolute atomic E-state index is 6.07. The molecule has 1 N–H and O–H groups in total. The molecule has 0 aromatic rings. The van der Waals surface area contributed by atoms with Crippen LogP contribution in [0.25, 0.3) is 0 Å². The van der Waals surface area contributed by atoms with Crippen LogP contribution in [0.4, 0.5) is 0 Å². The number of hydrogen-bond acceptors (Lipinski definition) is 2. The topological polar surface area (TPSA) is 21.3 Å². The van der Waals surface area contributed by atoms with Crippen molar-refractivity contribution >= 4 is 0 Å². The first-order valence-corrected chi connectivity index (χ1v) is 7.09. The van der Waals surface area contributed by atoms with Crippen LogP contribution in [0.1, 0.15) is 52.4 Å². The number of nitrogens with one attached hydrogen (secondary N) is 1. The molecule has 0 saturated heterocycles. The van der Waals surface area contributed by atoms with Crippen LogP contribution in [-0.2, 0) is 4.74 Å². The van der Waals surface area contributed by atoms with Crippen molar-refractivity contribution < 1.29 is 4.74 Å². The monoisotopic (exact) mass is 223 g/mol. The molecule has 0 amide bonds. The van der Waals surface area contributed by atoms with Gasteiger partial charge in [0.1, 0.15) is 0 Å². The van der Waals surface area contributed by atoms with Crippen LogP contribution in [0.5, 0.6) is 0 Å². The van der Waals surface area contributed by atoms with Gasteiger partial charge in [-0.05, 0) is 63.8 Å². The molecule has 3 fully saturated rings. The van der Waals surface area contributed by atoms with Gasteiger partial charge in [-0.1, -0.05) is 6.92 Å². The van der Waals surface area contributed by atoms with Gasteiger partial charge < -0.3 is 10.1 Å². The van der Waals surface area contributed by atoms with Crippen molar-refractivity contribution in [2.75, 3.05) is 6.54 Å². The number of hydrogen-bond donors (Lipinski definition) is 1. The molecular weight excluding hydrogens is 198 g/mol. The molecule has 0 heterocycles. The van der Waals surface area contributed by atoms with Crippen LogP contribution < -0.4 is 5.32 Å². The molecule has 3 aliphatic carbocycles. The van der Waals surface area contributed by atoms with E-state index in [1.165, 1.54) is 38.5 Å². The molecule has 2 heteroatoms. The Labute approximate surface area is 99.1 Å². The van der Waals surface area contributed by atoms with Gasteiger partial charge in [-0.25, -0.2) is 0 Å². The van der Waals surface area contributed by atoms with Gasteiger partial charge in [0.05, 0.1) is 12.2 Å². The predicted molar refractivity (Wildman–Crippen MR) is 65.4 cm³/mol. The van der Waals surface area contributed by atoms with E-state index in [-0.39, 0.29) is 0 Å². The lowest BCUT2D eigenvalue weighted by atomic mass is 9.96. The summed E-state index contributed by atoms with van der Waals surface area (Å²) < 4.78 is 6.07. The smallest absolute Gasteiger partial charge is 0.0584 e. The first-order chi connectivity index (χ1) is 7.68. The Morgan fingerprint density at radius 2 is 1.75 bits per heavy atom. The van der Waals surface area contributed by atoms with E-state index in [4.69, 9.17) is 4.74 Å². The highest BCUT2D eigenvalue weighted by Gasteiger charge is 2.47. The molecule has 4 atom stereocenters. The molecule has 0 aliphatic heterocycles. The number of ether oxygens (including phenoxy) is 1. The van der Waals surface area contributed by atoms with Crippen LogP contribution >= 0.6 is 0 Å². The fraction of sp³-hybridized carbons (Fsp3) is 1.00. The highest BCUT2D eigenvalue weighted by molar-refractivity contribution is 5.02. The third kappa shape index (κ3) is 2.14. The van der Waals surface area contributed by atoms with E-state index in [0.717, 1.165) is 18.4 Å². The predicted octanol–water partition coefficient (Wildman–Crippen LogP) is 2.72. The van der Waals surface area contributed by atoms with Crippen molar-refractivity contribution in [3.63, 3.8) is 0 Å². The second-order valence-electron chi connectivity index (χ2n) is 6.45. The average molecular weight is 223 g/mol. The Morgan fingerprint density at radius 3 is 2.25 bits per heavy atom. The van der Waals surface area contributed by atoms with Crippen molar-refractivity contribution in [3.05, 3.63) is 0 Å². The second-order valence-corrected chi connectivity index (χ2v) is 6.45. The standard InChI is InChI=1S/C14H25NO/c1-3-15-14(2)8-10-6-13(7-11(10)9-14)16-12-4-5-12/h10-13,15H,3-9H2,1-2H3/t10-,11+,13?,14?. The van der Waals surface area contributed by atoms with E-state index < -0.39 is 0 Å². The Hall–Kier alpha value is -0.0800. The normalized spacial score (nSPS) is 47.2. The van der Waals surface area contributed by atoms with E-state index in [2.05, 4.69) is 19.2 Å². The quantitative estimate of drug-likeness (QED) is 0.791.